The third kappa shape index (κ3) is 4.12. The lowest BCUT2D eigenvalue weighted by molar-refractivity contribution is -0.389. The van der Waals surface area contributed by atoms with Crippen molar-refractivity contribution in [3.63, 3.8) is 0 Å². The van der Waals surface area contributed by atoms with Crippen molar-refractivity contribution in [2.45, 2.75) is 39.4 Å². The van der Waals surface area contributed by atoms with Crippen molar-refractivity contribution in [1.82, 2.24) is 14.8 Å². The molecular weight excluding hydrogens is 453 g/mol. The minimum atomic E-state index is -4.70. The molecule has 170 valence electrons. The number of fused-ring (bicyclic) bond motifs is 1. The molecule has 0 radical (unpaired) electrons. The maximum atomic E-state index is 13.1. The number of pyridine rings is 1. The molecule has 0 aliphatic heterocycles. The van der Waals surface area contributed by atoms with Crippen LogP contribution in [0.25, 0.3) is 10.2 Å². The Morgan fingerprint density at radius 2 is 2.00 bits per heavy atom. The number of rotatable bonds is 6. The van der Waals surface area contributed by atoms with E-state index in [4.69, 9.17) is 5.73 Å². The number of primary amides is 1. The van der Waals surface area contributed by atoms with E-state index in [1.165, 1.54) is 24.6 Å². The highest BCUT2D eigenvalue weighted by Gasteiger charge is 2.35. The third-order valence-electron chi connectivity index (χ3n) is 4.70. The predicted octanol–water partition coefficient (Wildman–Crippen LogP) is 3.73. The molecule has 1 unspecified atom stereocenters. The van der Waals surface area contributed by atoms with Gasteiger partial charge in [-0.05, 0) is 36.8 Å². The Morgan fingerprint density at radius 3 is 2.50 bits per heavy atom. The maximum Gasteiger partial charge on any atom is 0.433 e. The lowest BCUT2D eigenvalue weighted by Gasteiger charge is -2.15. The number of aryl methyl sites for hydroxylation is 2. The zero-order chi connectivity index (χ0) is 24.0. The molecule has 3 rings (SSSR count). The van der Waals surface area contributed by atoms with Gasteiger partial charge in [0.15, 0.2) is 6.04 Å². The van der Waals surface area contributed by atoms with E-state index in [1.807, 2.05) is 0 Å². The molecule has 3 heterocycles. The molecule has 0 saturated heterocycles. The minimum Gasteiger partial charge on any atom is -0.365 e. The fourth-order valence-electron chi connectivity index (χ4n) is 3.27. The van der Waals surface area contributed by atoms with Crippen LogP contribution in [-0.4, -0.2) is 31.5 Å². The summed E-state index contributed by atoms with van der Waals surface area (Å²) in [5.41, 5.74) is 4.69. The number of hydrogen-bond donors (Lipinski definition) is 2. The van der Waals surface area contributed by atoms with Crippen molar-refractivity contribution in [2.75, 3.05) is 5.32 Å². The van der Waals surface area contributed by atoms with Gasteiger partial charge in [-0.3, -0.25) is 9.59 Å². The first kappa shape index (κ1) is 23.1. The van der Waals surface area contributed by atoms with Crippen molar-refractivity contribution in [3.05, 3.63) is 44.1 Å². The standard InChI is InChI=1S/C18H17F3N6O4S/c1-4-9(26-8(3)6-11(25-26)27(30)31)16(29)24-13-12-7(2)5-10(18(19,20)21)23-17(12)32-14(13)15(22)28/h5-6,9H,4H2,1-3H3,(H2,22,28)(H,24,29). The van der Waals surface area contributed by atoms with Crippen LogP contribution in [0.2, 0.25) is 0 Å². The molecule has 0 spiro atoms. The number of nitro groups is 1. The summed E-state index contributed by atoms with van der Waals surface area (Å²) in [5.74, 6) is -2.06. The molecule has 10 nitrogen and oxygen atoms in total. The molecule has 14 heteroatoms. The van der Waals surface area contributed by atoms with Crippen LogP contribution in [0, 0.1) is 24.0 Å². The number of alkyl halides is 3. The summed E-state index contributed by atoms with van der Waals surface area (Å²) >= 11 is 0.633. The number of amides is 2. The van der Waals surface area contributed by atoms with Gasteiger partial charge in [-0.2, -0.15) is 17.9 Å². The zero-order valence-electron chi connectivity index (χ0n) is 17.0. The number of anilines is 1. The largest absolute Gasteiger partial charge is 0.433 e. The van der Waals surface area contributed by atoms with Gasteiger partial charge >= 0.3 is 12.0 Å². The van der Waals surface area contributed by atoms with Crippen molar-refractivity contribution in [3.8, 4) is 0 Å². The summed E-state index contributed by atoms with van der Waals surface area (Å²) in [5, 5.41) is 17.5. The number of carbonyl (C=O) groups excluding carboxylic acids is 2. The zero-order valence-corrected chi connectivity index (χ0v) is 17.8. The molecular formula is C18H17F3N6O4S. The fraction of sp³-hybridized carbons (Fsp3) is 0.333. The molecule has 3 N–H and O–H groups in total. The Kier molecular flexibility index (Phi) is 5.91. The SMILES string of the molecule is CCC(C(=O)Nc1c(C(N)=O)sc2nc(C(F)(F)F)cc(C)c12)n1nc([N+](=O)[O-])cc1C. The van der Waals surface area contributed by atoms with Gasteiger partial charge in [-0.25, -0.2) is 4.98 Å². The van der Waals surface area contributed by atoms with Crippen LogP contribution >= 0.6 is 11.3 Å². The summed E-state index contributed by atoms with van der Waals surface area (Å²) in [6, 6.07) is 1.03. The van der Waals surface area contributed by atoms with Gasteiger partial charge in [0.1, 0.15) is 15.4 Å². The highest BCUT2D eigenvalue weighted by molar-refractivity contribution is 7.21. The van der Waals surface area contributed by atoms with E-state index in [0.717, 1.165) is 6.07 Å². The Bertz CT molecular complexity index is 1250. The molecule has 0 fully saturated rings. The Hall–Kier alpha value is -3.55. The van der Waals surface area contributed by atoms with Gasteiger partial charge in [0, 0.05) is 5.39 Å². The van der Waals surface area contributed by atoms with Crippen molar-refractivity contribution in [2.24, 2.45) is 5.73 Å². The summed E-state index contributed by atoms with van der Waals surface area (Å²) in [6.45, 7) is 4.59. The van der Waals surface area contributed by atoms with Crippen molar-refractivity contribution in [1.29, 1.82) is 0 Å². The van der Waals surface area contributed by atoms with Crippen LogP contribution in [0.5, 0.6) is 0 Å². The second-order valence-electron chi connectivity index (χ2n) is 6.93. The molecule has 3 aromatic heterocycles. The number of nitrogens with one attached hydrogen (secondary N) is 1. The number of halogens is 3. The smallest absolute Gasteiger partial charge is 0.365 e. The van der Waals surface area contributed by atoms with Crippen LogP contribution in [0.3, 0.4) is 0 Å². The molecule has 1 atom stereocenters. The predicted molar refractivity (Wildman–Crippen MR) is 109 cm³/mol. The van der Waals surface area contributed by atoms with Crippen molar-refractivity contribution >= 4 is 44.9 Å². The monoisotopic (exact) mass is 470 g/mol. The normalized spacial score (nSPS) is 12.7. The number of thiophene rings is 1. The van der Waals surface area contributed by atoms with Gasteiger partial charge in [-0.1, -0.05) is 6.92 Å². The molecule has 0 saturated carbocycles. The second kappa shape index (κ2) is 8.18. The quantitative estimate of drug-likeness (QED) is 0.415. The number of carbonyl (C=O) groups is 2. The van der Waals surface area contributed by atoms with E-state index < -0.39 is 40.5 Å². The van der Waals surface area contributed by atoms with Gasteiger partial charge in [0.25, 0.3) is 11.8 Å². The highest BCUT2D eigenvalue weighted by atomic mass is 32.1. The Balaban J connectivity index is 2.09. The van der Waals surface area contributed by atoms with E-state index in [1.54, 1.807) is 6.92 Å². The van der Waals surface area contributed by atoms with Gasteiger partial charge in [-0.15, -0.1) is 11.3 Å². The number of aromatic nitrogens is 3. The Labute approximate surface area is 182 Å². The van der Waals surface area contributed by atoms with E-state index in [-0.39, 0.29) is 32.8 Å². The maximum absolute atomic E-state index is 13.1. The molecule has 3 aromatic rings. The molecule has 0 aliphatic carbocycles. The first-order valence-corrected chi connectivity index (χ1v) is 9.99. The number of nitrogens with two attached hydrogens (primary N) is 1. The van der Waals surface area contributed by atoms with Crippen LogP contribution in [-0.2, 0) is 11.0 Å². The van der Waals surface area contributed by atoms with Crippen LogP contribution in [0.1, 0.15) is 46.0 Å². The summed E-state index contributed by atoms with van der Waals surface area (Å²) in [4.78, 5) is 38.6. The fourth-order valence-corrected chi connectivity index (χ4v) is 4.33. The van der Waals surface area contributed by atoms with Gasteiger partial charge in [0.05, 0.1) is 22.5 Å². The first-order valence-electron chi connectivity index (χ1n) is 9.17. The number of nitrogens with zero attached hydrogens (tertiary/aromatic N) is 4. The molecule has 0 aromatic carbocycles. The topological polar surface area (TPSA) is 146 Å². The second-order valence-corrected chi connectivity index (χ2v) is 7.93. The molecule has 0 aliphatic rings. The van der Waals surface area contributed by atoms with Gasteiger partial charge < -0.3 is 21.2 Å². The molecule has 32 heavy (non-hydrogen) atoms. The summed E-state index contributed by atoms with van der Waals surface area (Å²) < 4.78 is 40.6. The van der Waals surface area contributed by atoms with E-state index in [0.29, 0.717) is 17.0 Å². The van der Waals surface area contributed by atoms with Crippen LogP contribution < -0.4 is 11.1 Å². The summed E-state index contributed by atoms with van der Waals surface area (Å²) in [7, 11) is 0. The van der Waals surface area contributed by atoms with E-state index in [2.05, 4.69) is 15.4 Å². The minimum absolute atomic E-state index is 0.0565. The van der Waals surface area contributed by atoms with E-state index in [9.17, 15) is 32.9 Å². The van der Waals surface area contributed by atoms with Crippen LogP contribution in [0.15, 0.2) is 12.1 Å². The first-order chi connectivity index (χ1) is 14.8. The third-order valence-corrected chi connectivity index (χ3v) is 5.80. The average molecular weight is 470 g/mol. The molecule has 2 amide bonds. The van der Waals surface area contributed by atoms with Crippen LogP contribution in [0.4, 0.5) is 24.7 Å². The van der Waals surface area contributed by atoms with Crippen molar-refractivity contribution < 1.29 is 27.7 Å². The molecule has 0 bridgehead atoms. The lowest BCUT2D eigenvalue weighted by atomic mass is 10.1. The Morgan fingerprint density at radius 1 is 1.34 bits per heavy atom. The summed E-state index contributed by atoms with van der Waals surface area (Å²) in [6.07, 6.45) is -4.51. The van der Waals surface area contributed by atoms with E-state index >= 15 is 0 Å². The average Bonchev–Trinajstić information content (AvgIpc) is 3.23. The highest BCUT2D eigenvalue weighted by Crippen LogP contribution is 2.40. The lowest BCUT2D eigenvalue weighted by Crippen LogP contribution is -2.28. The number of hydrogen-bond acceptors (Lipinski definition) is 7. The van der Waals surface area contributed by atoms with Gasteiger partial charge in [0.2, 0.25) is 0 Å².